The van der Waals surface area contributed by atoms with Crippen LogP contribution in [0.15, 0.2) is 30.5 Å². The topological polar surface area (TPSA) is 15.8 Å². The number of hydrogen-bond acceptors (Lipinski definition) is 0. The van der Waals surface area contributed by atoms with Crippen molar-refractivity contribution >= 4 is 24.8 Å². The van der Waals surface area contributed by atoms with E-state index in [1.807, 2.05) is 6.20 Å². The van der Waals surface area contributed by atoms with E-state index in [2.05, 4.69) is 35.9 Å². The molecule has 56 valence electrons. The van der Waals surface area contributed by atoms with Gasteiger partial charge in [0.05, 0.1) is 0 Å². The zero-order valence-electron chi connectivity index (χ0n) is 6.39. The van der Waals surface area contributed by atoms with Crippen LogP contribution in [0.1, 0.15) is 0 Å². The fraction of sp³-hybridized carbons (Fsp3) is 0.111. The van der Waals surface area contributed by atoms with E-state index < -0.39 is 0 Å². The Morgan fingerprint density at radius 2 is 2.18 bits per heavy atom. The Morgan fingerprint density at radius 1 is 1.27 bits per heavy atom. The molecule has 0 spiro atoms. The van der Waals surface area contributed by atoms with Crippen molar-refractivity contribution < 1.29 is 0 Å². The minimum Gasteiger partial charge on any atom is -0.361 e. The highest BCUT2D eigenvalue weighted by Crippen LogP contribution is 2.13. The Kier molecular flexibility index (Phi) is 1.67. The fourth-order valence-electron chi connectivity index (χ4n) is 1.20. The summed E-state index contributed by atoms with van der Waals surface area (Å²) < 4.78 is 0. The molecule has 0 radical (unpaired) electrons. The molecule has 0 saturated heterocycles. The molecule has 0 aliphatic heterocycles. The fourth-order valence-corrected chi connectivity index (χ4v) is 1.74. The summed E-state index contributed by atoms with van der Waals surface area (Å²) in [5, 5.41) is 2.71. The Bertz CT molecular complexity index is 364. The Labute approximate surface area is 67.6 Å². The zero-order valence-corrected chi connectivity index (χ0v) is 7.39. The van der Waals surface area contributed by atoms with Crippen molar-refractivity contribution in [1.29, 1.82) is 0 Å². The maximum atomic E-state index is 3.20. The van der Waals surface area contributed by atoms with Crippen molar-refractivity contribution in [2.24, 2.45) is 0 Å². The van der Waals surface area contributed by atoms with Crippen LogP contribution in [-0.2, 0) is 0 Å². The average Bonchev–Trinajstić information content (AvgIpc) is 2.50. The highest BCUT2D eigenvalue weighted by Gasteiger charge is 1.93. The molecule has 0 fully saturated rings. The molecule has 1 nitrogen and oxygen atoms in total. The minimum atomic E-state index is 0.886. The van der Waals surface area contributed by atoms with Crippen LogP contribution in [-0.4, -0.2) is 11.6 Å². The van der Waals surface area contributed by atoms with Gasteiger partial charge in [0.2, 0.25) is 0 Å². The molecule has 0 aliphatic rings. The van der Waals surface area contributed by atoms with Gasteiger partial charge in [-0.15, -0.1) is 0 Å². The van der Waals surface area contributed by atoms with Gasteiger partial charge in [0, 0.05) is 11.7 Å². The third-order valence-corrected chi connectivity index (χ3v) is 2.73. The molecule has 0 bridgehead atoms. The quantitative estimate of drug-likeness (QED) is 0.619. The van der Waals surface area contributed by atoms with Gasteiger partial charge in [0.15, 0.2) is 0 Å². The molecular weight excluding hydrogens is 153 g/mol. The van der Waals surface area contributed by atoms with E-state index >= 15 is 0 Å². The smallest absolute Gasteiger partial charge is 0.0460 e. The highest BCUT2D eigenvalue weighted by atomic mass is 31.1. The summed E-state index contributed by atoms with van der Waals surface area (Å²) in [5.41, 5.74) is 1.25. The number of aromatic nitrogens is 1. The van der Waals surface area contributed by atoms with E-state index in [0.29, 0.717) is 0 Å². The second-order valence-corrected chi connectivity index (χ2v) is 3.61. The minimum absolute atomic E-state index is 0.886. The largest absolute Gasteiger partial charge is 0.361 e. The lowest BCUT2D eigenvalue weighted by molar-refractivity contribution is 1.48. The van der Waals surface area contributed by atoms with Crippen molar-refractivity contribution in [3.05, 3.63) is 30.5 Å². The number of hydrogen-bond donors (Lipinski definition) is 1. The van der Waals surface area contributed by atoms with Crippen LogP contribution in [0, 0.1) is 0 Å². The molecule has 0 aliphatic carbocycles. The second-order valence-electron chi connectivity index (χ2n) is 2.53. The molecule has 0 amide bonds. The number of H-pyrrole nitrogens is 1. The summed E-state index contributed by atoms with van der Waals surface area (Å²) in [6, 6.07) is 8.66. The Morgan fingerprint density at radius 3 is 3.00 bits per heavy atom. The predicted molar refractivity (Wildman–Crippen MR) is 52.2 cm³/mol. The molecule has 1 aromatic heterocycles. The van der Waals surface area contributed by atoms with E-state index in [9.17, 15) is 0 Å². The summed E-state index contributed by atoms with van der Waals surface area (Å²) in [6.45, 7) is 2.20. The van der Waals surface area contributed by atoms with Crippen LogP contribution in [0.3, 0.4) is 0 Å². The van der Waals surface area contributed by atoms with Crippen molar-refractivity contribution in [2.45, 2.75) is 0 Å². The van der Waals surface area contributed by atoms with Crippen LogP contribution >= 0.6 is 8.58 Å². The van der Waals surface area contributed by atoms with Gasteiger partial charge in [-0.25, -0.2) is 0 Å². The van der Waals surface area contributed by atoms with E-state index in [1.165, 1.54) is 16.2 Å². The SMILES string of the molecule is CPc1ccc2cc[nH]c2c1. The molecule has 1 atom stereocenters. The Balaban J connectivity index is 2.67. The highest BCUT2D eigenvalue weighted by molar-refractivity contribution is 7.46. The molecule has 2 heteroatoms. The van der Waals surface area contributed by atoms with Crippen LogP contribution in [0.5, 0.6) is 0 Å². The van der Waals surface area contributed by atoms with Gasteiger partial charge in [-0.1, -0.05) is 20.7 Å². The summed E-state index contributed by atoms with van der Waals surface area (Å²) in [5.74, 6) is 0. The number of aromatic amines is 1. The monoisotopic (exact) mass is 163 g/mol. The van der Waals surface area contributed by atoms with Gasteiger partial charge in [0.25, 0.3) is 0 Å². The molecule has 1 heterocycles. The third kappa shape index (κ3) is 1.17. The van der Waals surface area contributed by atoms with E-state index in [4.69, 9.17) is 0 Å². The van der Waals surface area contributed by atoms with Gasteiger partial charge < -0.3 is 4.98 Å². The van der Waals surface area contributed by atoms with Crippen LogP contribution in [0.2, 0.25) is 0 Å². The van der Waals surface area contributed by atoms with Gasteiger partial charge in [-0.3, -0.25) is 0 Å². The summed E-state index contributed by atoms with van der Waals surface area (Å²) >= 11 is 0. The van der Waals surface area contributed by atoms with E-state index in [1.54, 1.807) is 0 Å². The van der Waals surface area contributed by atoms with Crippen molar-refractivity contribution in [3.63, 3.8) is 0 Å². The van der Waals surface area contributed by atoms with Gasteiger partial charge in [-0.05, 0) is 29.5 Å². The first-order valence-corrected chi connectivity index (χ1v) is 5.15. The number of rotatable bonds is 1. The van der Waals surface area contributed by atoms with Gasteiger partial charge in [-0.2, -0.15) is 0 Å². The first-order chi connectivity index (χ1) is 5.40. The second kappa shape index (κ2) is 2.67. The molecule has 11 heavy (non-hydrogen) atoms. The molecule has 1 N–H and O–H groups in total. The molecule has 2 rings (SSSR count). The average molecular weight is 163 g/mol. The van der Waals surface area contributed by atoms with Crippen molar-refractivity contribution in [3.8, 4) is 0 Å². The Hall–Kier alpha value is -0.810. The molecule has 0 saturated carbocycles. The summed E-state index contributed by atoms with van der Waals surface area (Å²) in [6.07, 6.45) is 1.98. The van der Waals surface area contributed by atoms with Crippen LogP contribution < -0.4 is 5.30 Å². The molecular formula is C9H10NP. The standard InChI is InChI=1S/C9H10NP/c1-11-8-3-2-7-4-5-10-9(7)6-8/h2-6,10-11H,1H3. The molecule has 2 aromatic rings. The normalized spacial score (nSPS) is 11.7. The lowest BCUT2D eigenvalue weighted by Crippen LogP contribution is -1.90. The number of fused-ring (bicyclic) bond motifs is 1. The van der Waals surface area contributed by atoms with Gasteiger partial charge in [0.1, 0.15) is 0 Å². The van der Waals surface area contributed by atoms with Crippen molar-refractivity contribution in [1.82, 2.24) is 4.98 Å². The maximum Gasteiger partial charge on any atom is 0.0460 e. The predicted octanol–water partition coefficient (Wildman–Crippen LogP) is 2.10. The molecule has 1 unspecified atom stereocenters. The van der Waals surface area contributed by atoms with Crippen LogP contribution in [0.25, 0.3) is 10.9 Å². The molecule has 1 aromatic carbocycles. The van der Waals surface area contributed by atoms with Gasteiger partial charge >= 0.3 is 0 Å². The maximum absolute atomic E-state index is 3.20. The summed E-state index contributed by atoms with van der Waals surface area (Å²) in [7, 11) is 0.886. The third-order valence-electron chi connectivity index (χ3n) is 1.84. The lowest BCUT2D eigenvalue weighted by atomic mass is 10.2. The van der Waals surface area contributed by atoms with Crippen molar-refractivity contribution in [2.75, 3.05) is 6.66 Å². The lowest BCUT2D eigenvalue weighted by Gasteiger charge is -1.95. The summed E-state index contributed by atoms with van der Waals surface area (Å²) in [4.78, 5) is 3.20. The first kappa shape index (κ1) is 6.87. The van der Waals surface area contributed by atoms with E-state index in [-0.39, 0.29) is 0 Å². The van der Waals surface area contributed by atoms with E-state index in [0.717, 1.165) is 8.58 Å². The van der Waals surface area contributed by atoms with Crippen LogP contribution in [0.4, 0.5) is 0 Å². The number of nitrogens with one attached hydrogen (secondary N) is 1. The number of benzene rings is 1. The first-order valence-electron chi connectivity index (χ1n) is 3.65. The zero-order chi connectivity index (χ0) is 7.68.